The Labute approximate surface area is 234 Å². The van der Waals surface area contributed by atoms with Gasteiger partial charge in [-0.25, -0.2) is 29.3 Å². The molecule has 0 spiro atoms. The van der Waals surface area contributed by atoms with Crippen LogP contribution in [0.1, 0.15) is 0 Å². The lowest BCUT2D eigenvalue weighted by Crippen LogP contribution is -2.37. The summed E-state index contributed by atoms with van der Waals surface area (Å²) in [6.07, 6.45) is 4.56. The molecule has 0 fully saturated rings. The van der Waals surface area contributed by atoms with Crippen LogP contribution in [-0.2, 0) is 63.4 Å². The number of aromatic nitrogens is 12. The van der Waals surface area contributed by atoms with Gasteiger partial charge in [-0.1, -0.05) is 0 Å². The van der Waals surface area contributed by atoms with E-state index in [1.807, 2.05) is 0 Å². The van der Waals surface area contributed by atoms with E-state index in [1.165, 1.54) is 53.8 Å². The van der Waals surface area contributed by atoms with Crippen LogP contribution in [0, 0.1) is 0 Å². The van der Waals surface area contributed by atoms with Crippen LogP contribution in [0.3, 0.4) is 0 Å². The molecule has 18 nitrogen and oxygen atoms in total. The molecule has 6 rings (SSSR count). The molecule has 6 aromatic heterocycles. The molecule has 0 saturated carbocycles. The van der Waals surface area contributed by atoms with E-state index >= 15 is 0 Å². The second-order valence-corrected chi connectivity index (χ2v) is 9.70. The predicted octanol–water partition coefficient (Wildman–Crippen LogP) is -3.09. The van der Waals surface area contributed by atoms with Crippen molar-refractivity contribution in [1.82, 2.24) is 56.1 Å². The summed E-state index contributed by atoms with van der Waals surface area (Å²) in [6, 6.07) is 0. The summed E-state index contributed by atoms with van der Waals surface area (Å²) in [6.45, 7) is 0. The topological polar surface area (TPSA) is 185 Å². The fourth-order valence-corrected chi connectivity index (χ4v) is 4.41. The van der Waals surface area contributed by atoms with Crippen molar-refractivity contribution >= 4 is 33.5 Å². The Kier molecular flexibility index (Phi) is 7.32. The van der Waals surface area contributed by atoms with Crippen LogP contribution in [0.15, 0.2) is 47.7 Å². The highest BCUT2D eigenvalue weighted by atomic mass is 16.2. The molecule has 0 atom stereocenters. The van der Waals surface area contributed by atoms with Crippen molar-refractivity contribution in [1.29, 1.82) is 0 Å². The van der Waals surface area contributed by atoms with Crippen molar-refractivity contribution in [3.63, 3.8) is 0 Å². The van der Waals surface area contributed by atoms with E-state index in [1.54, 1.807) is 56.0 Å². The van der Waals surface area contributed by atoms with Crippen molar-refractivity contribution in [2.24, 2.45) is 63.4 Å². The molecule has 0 radical (unpaired) electrons. The van der Waals surface area contributed by atoms with Gasteiger partial charge in [-0.2, -0.15) is 0 Å². The van der Waals surface area contributed by atoms with E-state index < -0.39 is 0 Å². The number of rotatable bonds is 0. The number of hydrogen-bond acceptors (Lipinski definition) is 9. The van der Waals surface area contributed by atoms with Gasteiger partial charge in [-0.05, 0) is 0 Å². The zero-order valence-corrected chi connectivity index (χ0v) is 24.5. The van der Waals surface area contributed by atoms with Crippen LogP contribution >= 0.6 is 0 Å². The Bertz CT molecular complexity index is 2120. The Hall–Kier alpha value is -5.55. The van der Waals surface area contributed by atoms with Crippen molar-refractivity contribution in [2.45, 2.75) is 0 Å². The SMILES string of the molecule is Cn1c(=O)c2c(ncn2C)n(C)c1=O.Cn1c(=O)c2c(ncn2C)n(C)c1=O.Cn1c(=O)c2c(ncn2C)n(C)c1=O. The normalized spacial score (nSPS) is 11.1. The summed E-state index contributed by atoms with van der Waals surface area (Å²) in [5.41, 5.74) is 0.540. The molecular weight excluding hydrogens is 552 g/mol. The molecule has 0 bridgehead atoms. The van der Waals surface area contributed by atoms with E-state index in [0.717, 1.165) is 13.7 Å². The maximum absolute atomic E-state index is 11.7. The third kappa shape index (κ3) is 4.41. The number of imidazole rings is 3. The third-order valence-electron chi connectivity index (χ3n) is 6.95. The lowest BCUT2D eigenvalue weighted by atomic mass is 10.5. The third-order valence-corrected chi connectivity index (χ3v) is 6.95. The Morgan fingerprint density at radius 3 is 0.810 bits per heavy atom. The van der Waals surface area contributed by atoms with Crippen LogP contribution in [0.25, 0.3) is 33.5 Å². The Morgan fingerprint density at radius 2 is 0.595 bits per heavy atom. The smallest absolute Gasteiger partial charge is 0.328 e. The number of nitrogens with zero attached hydrogens (tertiary/aromatic N) is 12. The van der Waals surface area contributed by atoms with Crippen molar-refractivity contribution in [3.05, 3.63) is 81.5 Å². The molecule has 6 heterocycles. The summed E-state index contributed by atoms with van der Waals surface area (Å²) in [7, 11) is 14.3. The molecule has 0 aliphatic rings. The summed E-state index contributed by atoms with van der Waals surface area (Å²) >= 11 is 0. The average Bonchev–Trinajstić information content (AvgIpc) is 3.67. The maximum Gasteiger partial charge on any atom is 0.332 e. The summed E-state index contributed by atoms with van der Waals surface area (Å²) in [5.74, 6) is 0. The lowest BCUT2D eigenvalue weighted by Gasteiger charge is -2.02. The number of aryl methyl sites for hydroxylation is 6. The molecule has 222 valence electrons. The first kappa shape index (κ1) is 29.4. The number of fused-ring (bicyclic) bond motifs is 3. The molecule has 42 heavy (non-hydrogen) atoms. The predicted molar refractivity (Wildman–Crippen MR) is 154 cm³/mol. The van der Waals surface area contributed by atoms with Gasteiger partial charge >= 0.3 is 17.1 Å². The second-order valence-electron chi connectivity index (χ2n) is 9.70. The van der Waals surface area contributed by atoms with Gasteiger partial charge in [0.1, 0.15) is 0 Å². The first-order valence-electron chi connectivity index (χ1n) is 12.3. The van der Waals surface area contributed by atoms with E-state index in [4.69, 9.17) is 0 Å². The molecule has 6 aromatic rings. The highest BCUT2D eigenvalue weighted by molar-refractivity contribution is 5.71. The van der Waals surface area contributed by atoms with Crippen LogP contribution < -0.4 is 33.7 Å². The van der Waals surface area contributed by atoms with Gasteiger partial charge in [0.05, 0.1) is 19.0 Å². The van der Waals surface area contributed by atoms with E-state index in [-0.39, 0.29) is 33.7 Å². The quantitative estimate of drug-likeness (QED) is 0.179. The highest BCUT2D eigenvalue weighted by Crippen LogP contribution is 2.03. The summed E-state index contributed by atoms with van der Waals surface area (Å²) in [5, 5.41) is 0. The highest BCUT2D eigenvalue weighted by Gasteiger charge is 2.13. The van der Waals surface area contributed by atoms with Gasteiger partial charge in [0.15, 0.2) is 33.5 Å². The van der Waals surface area contributed by atoms with Gasteiger partial charge in [-0.3, -0.25) is 41.8 Å². The minimum Gasteiger partial charge on any atom is -0.328 e. The van der Waals surface area contributed by atoms with Gasteiger partial charge in [-0.15, -0.1) is 0 Å². The van der Waals surface area contributed by atoms with Crippen LogP contribution in [0.5, 0.6) is 0 Å². The van der Waals surface area contributed by atoms with E-state index in [9.17, 15) is 28.8 Å². The largest absolute Gasteiger partial charge is 0.332 e. The minimum atomic E-state index is -0.360. The van der Waals surface area contributed by atoms with E-state index in [2.05, 4.69) is 15.0 Å². The van der Waals surface area contributed by atoms with Crippen LogP contribution in [0.4, 0.5) is 0 Å². The fraction of sp³-hybridized carbons (Fsp3) is 0.375. The average molecular weight is 583 g/mol. The summed E-state index contributed by atoms with van der Waals surface area (Å²) in [4.78, 5) is 81.5. The Morgan fingerprint density at radius 1 is 0.381 bits per heavy atom. The van der Waals surface area contributed by atoms with Crippen LogP contribution in [-0.4, -0.2) is 56.1 Å². The molecule has 0 N–H and O–H groups in total. The van der Waals surface area contributed by atoms with Gasteiger partial charge in [0.25, 0.3) is 16.7 Å². The van der Waals surface area contributed by atoms with Crippen molar-refractivity contribution in [3.8, 4) is 0 Å². The molecule has 0 aliphatic carbocycles. The molecule has 18 heteroatoms. The first-order valence-corrected chi connectivity index (χ1v) is 12.3. The standard InChI is InChI=1S/3C8H10N4O2/c3*1-10-4-9-6-5(10)7(13)12(3)8(14)11(6)2/h3*4H,1-3H3. The summed E-state index contributed by atoms with van der Waals surface area (Å²) < 4.78 is 12.1. The molecule has 0 saturated heterocycles. The molecule has 0 aromatic carbocycles. The zero-order valence-electron chi connectivity index (χ0n) is 24.5. The van der Waals surface area contributed by atoms with Crippen LogP contribution in [0.2, 0.25) is 0 Å². The monoisotopic (exact) mass is 582 g/mol. The first-order chi connectivity index (χ1) is 19.6. The maximum atomic E-state index is 11.7. The fourth-order valence-electron chi connectivity index (χ4n) is 4.41. The van der Waals surface area contributed by atoms with Crippen molar-refractivity contribution in [2.75, 3.05) is 0 Å². The molecular formula is C24H30N12O6. The van der Waals surface area contributed by atoms with Crippen molar-refractivity contribution < 1.29 is 0 Å². The zero-order chi connectivity index (χ0) is 31.4. The minimum absolute atomic E-state index is 0.317. The van der Waals surface area contributed by atoms with Gasteiger partial charge in [0, 0.05) is 63.4 Å². The lowest BCUT2D eigenvalue weighted by molar-refractivity contribution is 0.705. The Balaban J connectivity index is 0.000000145. The molecule has 0 unspecified atom stereocenters. The van der Waals surface area contributed by atoms with Gasteiger partial charge < -0.3 is 13.7 Å². The molecule has 0 amide bonds. The van der Waals surface area contributed by atoms with Gasteiger partial charge in [0.2, 0.25) is 0 Å². The van der Waals surface area contributed by atoms with E-state index in [0.29, 0.717) is 33.5 Å². The second kappa shape index (κ2) is 10.5. The number of hydrogen-bond donors (Lipinski definition) is 0. The molecule has 0 aliphatic heterocycles.